The summed E-state index contributed by atoms with van der Waals surface area (Å²) in [7, 11) is 0. The van der Waals surface area contributed by atoms with Crippen molar-refractivity contribution in [3.8, 4) is 0 Å². The molecule has 2 heterocycles. The van der Waals surface area contributed by atoms with Crippen molar-refractivity contribution in [3.63, 3.8) is 0 Å². The third-order valence-electron chi connectivity index (χ3n) is 3.25. The number of Topliss-reactive ketones (excluding diaryl/α,β-unsaturated/α-hetero) is 1. The number of ether oxygens (including phenoxy) is 1. The molecule has 0 bridgehead atoms. The second-order valence-corrected chi connectivity index (χ2v) is 7.47. The summed E-state index contributed by atoms with van der Waals surface area (Å²) in [6.07, 6.45) is 0. The summed E-state index contributed by atoms with van der Waals surface area (Å²) in [4.78, 5) is 26.5. The van der Waals surface area contributed by atoms with Crippen molar-refractivity contribution in [2.24, 2.45) is 0 Å². The van der Waals surface area contributed by atoms with Gasteiger partial charge in [-0.2, -0.15) is 11.8 Å². The molecule has 1 atom stereocenters. The van der Waals surface area contributed by atoms with E-state index in [0.29, 0.717) is 15.7 Å². The molecule has 5 nitrogen and oxygen atoms in total. The minimum absolute atomic E-state index is 0.117. The molecule has 0 saturated carbocycles. The zero-order valence-electron chi connectivity index (χ0n) is 12.5. The summed E-state index contributed by atoms with van der Waals surface area (Å²) in [6, 6.07) is 0. The Morgan fingerprint density at radius 3 is 2.76 bits per heavy atom. The number of ketones is 1. The Hall–Kier alpha value is -1.21. The Kier molecular flexibility index (Phi) is 5.16. The Morgan fingerprint density at radius 2 is 2.19 bits per heavy atom. The summed E-state index contributed by atoms with van der Waals surface area (Å²) < 4.78 is 5.10. The number of thiophene rings is 1. The largest absolute Gasteiger partial charge is 0.462 e. The van der Waals surface area contributed by atoms with Crippen LogP contribution in [0.2, 0.25) is 0 Å². The van der Waals surface area contributed by atoms with Gasteiger partial charge in [-0.15, -0.1) is 11.3 Å². The van der Waals surface area contributed by atoms with Crippen LogP contribution in [-0.2, 0) is 4.74 Å². The molecule has 0 spiro atoms. The van der Waals surface area contributed by atoms with E-state index in [1.165, 1.54) is 18.3 Å². The first-order chi connectivity index (χ1) is 9.95. The highest BCUT2D eigenvalue weighted by molar-refractivity contribution is 8.00. The number of carbonyl (C=O) groups is 2. The molecule has 1 unspecified atom stereocenters. The topological polar surface area (TPSA) is 72.6 Å². The third-order valence-corrected chi connectivity index (χ3v) is 5.76. The van der Waals surface area contributed by atoms with Gasteiger partial charge in [0.2, 0.25) is 0 Å². The standard InChI is InChI=1S/C14H20N2O3S2/c1-4-19-14(18)10-11(15)12(9(3)17)21-13(10)16-5-6-20-8(2)7-16/h8H,4-7,15H2,1-3H3. The van der Waals surface area contributed by atoms with Gasteiger partial charge < -0.3 is 15.4 Å². The van der Waals surface area contributed by atoms with Crippen LogP contribution < -0.4 is 10.6 Å². The van der Waals surface area contributed by atoms with Crippen molar-refractivity contribution in [3.05, 3.63) is 10.4 Å². The number of hydrogen-bond acceptors (Lipinski definition) is 7. The highest BCUT2D eigenvalue weighted by atomic mass is 32.2. The molecule has 2 N–H and O–H groups in total. The number of nitrogens with zero attached hydrogens (tertiary/aromatic N) is 1. The quantitative estimate of drug-likeness (QED) is 0.677. The van der Waals surface area contributed by atoms with E-state index in [1.54, 1.807) is 6.92 Å². The second kappa shape index (κ2) is 6.70. The Bertz CT molecular complexity index is 557. The average molecular weight is 328 g/mol. The van der Waals surface area contributed by atoms with Gasteiger partial charge in [0.15, 0.2) is 5.78 Å². The van der Waals surface area contributed by atoms with Crippen LogP contribution >= 0.6 is 23.1 Å². The zero-order chi connectivity index (χ0) is 15.6. The van der Waals surface area contributed by atoms with Crippen LogP contribution in [0, 0.1) is 0 Å². The van der Waals surface area contributed by atoms with Crippen molar-refractivity contribution >= 4 is 45.5 Å². The molecular formula is C14H20N2O3S2. The van der Waals surface area contributed by atoms with Gasteiger partial charge >= 0.3 is 5.97 Å². The zero-order valence-corrected chi connectivity index (χ0v) is 14.1. The normalized spacial score (nSPS) is 18.6. The Balaban J connectivity index is 2.45. The molecule has 1 aliphatic heterocycles. The van der Waals surface area contributed by atoms with Gasteiger partial charge in [0, 0.05) is 31.0 Å². The van der Waals surface area contributed by atoms with Crippen LogP contribution in [0.1, 0.15) is 40.8 Å². The molecule has 2 rings (SSSR count). The molecule has 0 aromatic carbocycles. The number of hydrogen-bond donors (Lipinski definition) is 1. The molecule has 0 aliphatic carbocycles. The molecule has 1 aromatic heterocycles. The van der Waals surface area contributed by atoms with Gasteiger partial charge in [0.05, 0.1) is 17.2 Å². The molecule has 1 aromatic rings. The maximum Gasteiger partial charge on any atom is 0.343 e. The van der Waals surface area contributed by atoms with Gasteiger partial charge in [0.25, 0.3) is 0 Å². The number of carbonyl (C=O) groups excluding carboxylic acids is 2. The minimum Gasteiger partial charge on any atom is -0.462 e. The molecular weight excluding hydrogens is 308 g/mol. The predicted molar refractivity (Wildman–Crippen MR) is 88.8 cm³/mol. The van der Waals surface area contributed by atoms with Crippen LogP contribution in [0.25, 0.3) is 0 Å². The van der Waals surface area contributed by atoms with Gasteiger partial charge in [-0.3, -0.25) is 4.79 Å². The second-order valence-electron chi connectivity index (χ2n) is 4.93. The van der Waals surface area contributed by atoms with Crippen LogP contribution in [-0.4, -0.2) is 42.5 Å². The fourth-order valence-corrected chi connectivity index (χ4v) is 4.47. The number of thioether (sulfide) groups is 1. The molecule has 21 heavy (non-hydrogen) atoms. The molecule has 116 valence electrons. The predicted octanol–water partition coefficient (Wildman–Crippen LogP) is 2.65. The summed E-state index contributed by atoms with van der Waals surface area (Å²) in [5, 5.41) is 1.25. The van der Waals surface area contributed by atoms with Crippen LogP contribution in [0.15, 0.2) is 0 Å². The summed E-state index contributed by atoms with van der Waals surface area (Å²) in [6.45, 7) is 7.35. The van der Waals surface area contributed by atoms with Gasteiger partial charge in [-0.1, -0.05) is 6.92 Å². The lowest BCUT2D eigenvalue weighted by Gasteiger charge is -2.31. The Morgan fingerprint density at radius 1 is 1.48 bits per heavy atom. The first-order valence-corrected chi connectivity index (χ1v) is 8.79. The van der Waals surface area contributed by atoms with E-state index in [2.05, 4.69) is 11.8 Å². The number of rotatable bonds is 4. The Labute approximate surface area is 132 Å². The van der Waals surface area contributed by atoms with Gasteiger partial charge in [0.1, 0.15) is 10.6 Å². The molecule has 1 fully saturated rings. The lowest BCUT2D eigenvalue weighted by molar-refractivity contribution is 0.0529. The maximum atomic E-state index is 12.2. The summed E-state index contributed by atoms with van der Waals surface area (Å²) >= 11 is 3.21. The number of nitrogen functional groups attached to an aromatic ring is 1. The van der Waals surface area contributed by atoms with Crippen LogP contribution in [0.4, 0.5) is 10.7 Å². The van der Waals surface area contributed by atoms with E-state index in [0.717, 1.165) is 23.8 Å². The van der Waals surface area contributed by atoms with E-state index in [4.69, 9.17) is 10.5 Å². The monoisotopic (exact) mass is 328 g/mol. The number of esters is 1. The van der Waals surface area contributed by atoms with Crippen molar-refractivity contribution < 1.29 is 14.3 Å². The molecule has 1 saturated heterocycles. The number of nitrogens with two attached hydrogens (primary N) is 1. The molecule has 0 radical (unpaired) electrons. The third kappa shape index (κ3) is 3.35. The fourth-order valence-electron chi connectivity index (χ4n) is 2.32. The van der Waals surface area contributed by atoms with E-state index in [9.17, 15) is 9.59 Å². The summed E-state index contributed by atoms with van der Waals surface area (Å²) in [5.74, 6) is 0.435. The molecule has 0 amide bonds. The van der Waals surface area contributed by atoms with E-state index in [-0.39, 0.29) is 18.1 Å². The fraction of sp³-hybridized carbons (Fsp3) is 0.571. The average Bonchev–Trinajstić information content (AvgIpc) is 2.77. The van der Waals surface area contributed by atoms with E-state index < -0.39 is 5.97 Å². The van der Waals surface area contributed by atoms with Crippen molar-refractivity contribution in [2.75, 3.05) is 36.1 Å². The highest BCUT2D eigenvalue weighted by Gasteiger charge is 2.30. The maximum absolute atomic E-state index is 12.2. The highest BCUT2D eigenvalue weighted by Crippen LogP contribution is 2.40. The minimum atomic E-state index is -0.445. The van der Waals surface area contributed by atoms with Gasteiger partial charge in [-0.05, 0) is 6.92 Å². The van der Waals surface area contributed by atoms with Crippen molar-refractivity contribution in [1.82, 2.24) is 0 Å². The van der Waals surface area contributed by atoms with Crippen molar-refractivity contribution in [1.29, 1.82) is 0 Å². The van der Waals surface area contributed by atoms with E-state index >= 15 is 0 Å². The number of anilines is 2. The van der Waals surface area contributed by atoms with Crippen molar-refractivity contribution in [2.45, 2.75) is 26.0 Å². The smallest absolute Gasteiger partial charge is 0.343 e. The first-order valence-electron chi connectivity index (χ1n) is 6.92. The van der Waals surface area contributed by atoms with E-state index in [1.807, 2.05) is 11.8 Å². The molecule has 7 heteroatoms. The lowest BCUT2D eigenvalue weighted by Crippen LogP contribution is -2.37. The summed E-state index contributed by atoms with van der Waals surface area (Å²) in [5.41, 5.74) is 6.64. The first kappa shape index (κ1) is 16.2. The van der Waals surface area contributed by atoms with Crippen LogP contribution in [0.3, 0.4) is 0 Å². The lowest BCUT2D eigenvalue weighted by atomic mass is 10.2. The van der Waals surface area contributed by atoms with Crippen LogP contribution in [0.5, 0.6) is 0 Å². The molecule has 1 aliphatic rings. The van der Waals surface area contributed by atoms with Gasteiger partial charge in [-0.25, -0.2) is 4.79 Å². The SMILES string of the molecule is CCOC(=O)c1c(N2CCSC(C)C2)sc(C(C)=O)c1N.